The number of aromatic nitrogens is 2. The molecule has 0 radical (unpaired) electrons. The van der Waals surface area contributed by atoms with Gasteiger partial charge >= 0.3 is 6.18 Å². The van der Waals surface area contributed by atoms with Crippen molar-refractivity contribution in [3.05, 3.63) is 35.8 Å². The summed E-state index contributed by atoms with van der Waals surface area (Å²) in [4.78, 5) is 3.69. The van der Waals surface area contributed by atoms with Gasteiger partial charge in [0.05, 0.1) is 6.20 Å². The average molecular weight is 200 g/mol. The minimum Gasteiger partial charge on any atom is -0.293 e. The third kappa shape index (κ3) is 1.25. The zero-order valence-electron chi connectivity index (χ0n) is 7.34. The van der Waals surface area contributed by atoms with Crippen LogP contribution in [0.5, 0.6) is 0 Å². The van der Waals surface area contributed by atoms with Gasteiger partial charge in [0.15, 0.2) is 0 Å². The van der Waals surface area contributed by atoms with E-state index in [0.29, 0.717) is 11.3 Å². The van der Waals surface area contributed by atoms with Crippen molar-refractivity contribution in [3.8, 4) is 0 Å². The van der Waals surface area contributed by atoms with E-state index in [9.17, 15) is 13.2 Å². The van der Waals surface area contributed by atoms with Crippen LogP contribution in [0.4, 0.5) is 13.2 Å². The molecule has 0 aliphatic heterocycles. The predicted octanol–water partition coefficient (Wildman–Crippen LogP) is 2.66. The Hall–Kier alpha value is -1.52. The Labute approximate surface area is 78.0 Å². The predicted molar refractivity (Wildman–Crippen MR) is 44.9 cm³/mol. The van der Waals surface area contributed by atoms with Crippen LogP contribution in [0.2, 0.25) is 0 Å². The highest BCUT2D eigenvalue weighted by atomic mass is 19.4. The van der Waals surface area contributed by atoms with Gasteiger partial charge in [-0.1, -0.05) is 6.07 Å². The van der Waals surface area contributed by atoms with Gasteiger partial charge in [-0.25, -0.2) is 4.98 Å². The maximum atomic E-state index is 12.5. The van der Waals surface area contributed by atoms with E-state index in [2.05, 4.69) is 4.98 Å². The molecule has 0 amide bonds. The number of fused-ring (bicyclic) bond motifs is 1. The molecule has 0 saturated heterocycles. The molecule has 2 aromatic rings. The molecule has 0 atom stereocenters. The van der Waals surface area contributed by atoms with Gasteiger partial charge in [0.1, 0.15) is 11.3 Å². The Morgan fingerprint density at radius 2 is 2.00 bits per heavy atom. The average Bonchev–Trinajstić information content (AvgIpc) is 2.47. The Bertz CT molecular complexity index is 470. The van der Waals surface area contributed by atoms with Crippen LogP contribution in [0, 0.1) is 6.92 Å². The first-order valence-electron chi connectivity index (χ1n) is 4.00. The summed E-state index contributed by atoms with van der Waals surface area (Å²) >= 11 is 0. The van der Waals surface area contributed by atoms with E-state index < -0.39 is 11.9 Å². The SMILES string of the molecule is Cc1cccc2ncc(C(F)(F)F)n12. The lowest BCUT2D eigenvalue weighted by atomic mass is 10.3. The number of pyridine rings is 1. The Balaban J connectivity index is 2.80. The highest BCUT2D eigenvalue weighted by molar-refractivity contribution is 5.42. The second-order valence-electron chi connectivity index (χ2n) is 3.00. The van der Waals surface area contributed by atoms with Gasteiger partial charge in [0.2, 0.25) is 0 Å². The van der Waals surface area contributed by atoms with Crippen LogP contribution >= 0.6 is 0 Å². The summed E-state index contributed by atoms with van der Waals surface area (Å²) in [5.74, 6) is 0. The van der Waals surface area contributed by atoms with Gasteiger partial charge < -0.3 is 0 Å². The van der Waals surface area contributed by atoms with E-state index in [0.717, 1.165) is 10.6 Å². The molecule has 0 fully saturated rings. The zero-order chi connectivity index (χ0) is 10.3. The molecule has 14 heavy (non-hydrogen) atoms. The van der Waals surface area contributed by atoms with E-state index in [-0.39, 0.29) is 0 Å². The standard InChI is InChI=1S/C9H7F3N2/c1-6-3-2-4-8-13-5-7(14(6)8)9(10,11)12/h2-5H,1H3. The summed E-state index contributed by atoms with van der Waals surface area (Å²) in [6, 6.07) is 4.84. The summed E-state index contributed by atoms with van der Waals surface area (Å²) in [5, 5.41) is 0. The Morgan fingerprint density at radius 1 is 1.29 bits per heavy atom. The number of hydrogen-bond donors (Lipinski definition) is 0. The molecule has 0 aromatic carbocycles. The maximum absolute atomic E-state index is 12.5. The van der Waals surface area contributed by atoms with Crippen molar-refractivity contribution in [2.45, 2.75) is 13.1 Å². The number of imidazole rings is 1. The van der Waals surface area contributed by atoms with Gasteiger partial charge in [-0.15, -0.1) is 0 Å². The molecule has 2 heterocycles. The maximum Gasteiger partial charge on any atom is 0.433 e. The second kappa shape index (κ2) is 2.73. The van der Waals surface area contributed by atoms with Crippen LogP contribution in [0.25, 0.3) is 5.65 Å². The Morgan fingerprint density at radius 3 is 2.64 bits per heavy atom. The fourth-order valence-corrected chi connectivity index (χ4v) is 1.40. The zero-order valence-corrected chi connectivity index (χ0v) is 7.34. The van der Waals surface area contributed by atoms with E-state index in [1.54, 1.807) is 25.1 Å². The molecule has 2 nitrogen and oxygen atoms in total. The number of alkyl halides is 3. The van der Waals surface area contributed by atoms with Crippen LogP contribution in [-0.2, 0) is 6.18 Å². The molecule has 0 unspecified atom stereocenters. The molecule has 0 bridgehead atoms. The summed E-state index contributed by atoms with van der Waals surface area (Å²) in [7, 11) is 0. The minimum atomic E-state index is -4.36. The smallest absolute Gasteiger partial charge is 0.293 e. The number of halogens is 3. The molecule has 0 saturated carbocycles. The quantitative estimate of drug-likeness (QED) is 0.639. The summed E-state index contributed by atoms with van der Waals surface area (Å²) in [6.45, 7) is 1.62. The van der Waals surface area contributed by atoms with E-state index in [4.69, 9.17) is 0 Å². The third-order valence-corrected chi connectivity index (χ3v) is 2.01. The van der Waals surface area contributed by atoms with Crippen LogP contribution in [-0.4, -0.2) is 9.38 Å². The van der Waals surface area contributed by atoms with Gasteiger partial charge in [-0.2, -0.15) is 13.2 Å². The molecule has 0 N–H and O–H groups in total. The Kier molecular flexibility index (Phi) is 1.77. The largest absolute Gasteiger partial charge is 0.433 e. The van der Waals surface area contributed by atoms with Gasteiger partial charge in [-0.3, -0.25) is 4.40 Å². The highest BCUT2D eigenvalue weighted by Crippen LogP contribution is 2.30. The highest BCUT2D eigenvalue weighted by Gasteiger charge is 2.34. The fourth-order valence-electron chi connectivity index (χ4n) is 1.40. The molecule has 0 spiro atoms. The first-order valence-corrected chi connectivity index (χ1v) is 4.00. The van der Waals surface area contributed by atoms with Crippen LogP contribution < -0.4 is 0 Å². The van der Waals surface area contributed by atoms with Gasteiger partial charge in [-0.05, 0) is 19.1 Å². The van der Waals surface area contributed by atoms with Gasteiger partial charge in [0.25, 0.3) is 0 Å². The molecule has 0 aliphatic rings. The lowest BCUT2D eigenvalue weighted by Crippen LogP contribution is -2.10. The van der Waals surface area contributed by atoms with Crippen molar-refractivity contribution < 1.29 is 13.2 Å². The van der Waals surface area contributed by atoms with E-state index in [1.807, 2.05) is 0 Å². The molecule has 5 heteroatoms. The molecular weight excluding hydrogens is 193 g/mol. The lowest BCUT2D eigenvalue weighted by molar-refractivity contribution is -0.141. The number of aryl methyl sites for hydroxylation is 1. The molecular formula is C9H7F3N2. The van der Waals surface area contributed by atoms with Crippen LogP contribution in [0.15, 0.2) is 24.4 Å². The van der Waals surface area contributed by atoms with E-state index >= 15 is 0 Å². The van der Waals surface area contributed by atoms with Crippen LogP contribution in [0.1, 0.15) is 11.4 Å². The number of hydrogen-bond acceptors (Lipinski definition) is 1. The number of rotatable bonds is 0. The van der Waals surface area contributed by atoms with Crippen molar-refractivity contribution in [2.24, 2.45) is 0 Å². The normalized spacial score (nSPS) is 12.3. The summed E-state index contributed by atoms with van der Waals surface area (Å²) < 4.78 is 38.5. The first kappa shape index (κ1) is 9.05. The summed E-state index contributed by atoms with van der Waals surface area (Å²) in [5.41, 5.74) is 0.107. The van der Waals surface area contributed by atoms with Gasteiger partial charge in [0, 0.05) is 5.69 Å². The first-order chi connectivity index (χ1) is 6.50. The van der Waals surface area contributed by atoms with Crippen molar-refractivity contribution in [1.29, 1.82) is 0 Å². The second-order valence-corrected chi connectivity index (χ2v) is 3.00. The van der Waals surface area contributed by atoms with Crippen molar-refractivity contribution >= 4 is 5.65 Å². The van der Waals surface area contributed by atoms with Crippen molar-refractivity contribution in [2.75, 3.05) is 0 Å². The topological polar surface area (TPSA) is 17.3 Å². The lowest BCUT2D eigenvalue weighted by Gasteiger charge is -2.07. The fraction of sp³-hybridized carbons (Fsp3) is 0.222. The summed E-state index contributed by atoms with van der Waals surface area (Å²) in [6.07, 6.45) is -3.51. The molecule has 0 aliphatic carbocycles. The monoisotopic (exact) mass is 200 g/mol. The molecule has 2 rings (SSSR count). The van der Waals surface area contributed by atoms with Crippen molar-refractivity contribution in [3.63, 3.8) is 0 Å². The van der Waals surface area contributed by atoms with Crippen LogP contribution in [0.3, 0.4) is 0 Å². The molecule has 74 valence electrons. The third-order valence-electron chi connectivity index (χ3n) is 2.01. The minimum absolute atomic E-state index is 0.317. The molecule has 2 aromatic heterocycles. The van der Waals surface area contributed by atoms with Crippen molar-refractivity contribution in [1.82, 2.24) is 9.38 Å². The van der Waals surface area contributed by atoms with E-state index in [1.165, 1.54) is 0 Å². The number of nitrogens with zero attached hydrogens (tertiary/aromatic N) is 2.